The highest BCUT2D eigenvalue weighted by atomic mass is 19.1. The van der Waals surface area contributed by atoms with Gasteiger partial charge < -0.3 is 10.3 Å². The first kappa shape index (κ1) is 11.3. The van der Waals surface area contributed by atoms with Crippen molar-refractivity contribution in [1.29, 1.82) is 0 Å². The first-order chi connectivity index (χ1) is 8.63. The summed E-state index contributed by atoms with van der Waals surface area (Å²) >= 11 is 0. The molecule has 0 aliphatic heterocycles. The Balaban J connectivity index is 2.08. The molecule has 1 aliphatic carbocycles. The molecule has 0 saturated heterocycles. The third kappa shape index (κ3) is 1.54. The normalized spacial score (nSPS) is 22.2. The number of benzene rings is 1. The summed E-state index contributed by atoms with van der Waals surface area (Å²) in [5.74, 6) is 0.829. The van der Waals surface area contributed by atoms with Crippen LogP contribution in [0.4, 0.5) is 4.39 Å². The average Bonchev–Trinajstić information content (AvgIpc) is 2.95. The minimum absolute atomic E-state index is 0.236. The average molecular weight is 247 g/mol. The van der Waals surface area contributed by atoms with E-state index in [1.807, 2.05) is 6.92 Å². The first-order valence-corrected chi connectivity index (χ1v) is 6.04. The number of rotatable bonds is 2. The molecule has 2 N–H and O–H groups in total. The number of hydrogen-bond donors (Lipinski definition) is 1. The smallest absolute Gasteiger partial charge is 0.226 e. The number of halogens is 1. The summed E-state index contributed by atoms with van der Waals surface area (Å²) in [6.45, 7) is 1.94. The quantitative estimate of drug-likeness (QED) is 0.880. The number of fused-ring (bicyclic) bond motifs is 1. The summed E-state index contributed by atoms with van der Waals surface area (Å²) in [6.07, 6.45) is 2.09. The van der Waals surface area contributed by atoms with Crippen LogP contribution in [0.25, 0.3) is 0 Å². The van der Waals surface area contributed by atoms with Gasteiger partial charge in [-0.1, -0.05) is 18.1 Å². The van der Waals surface area contributed by atoms with Crippen LogP contribution < -0.4 is 5.73 Å². The van der Waals surface area contributed by atoms with Crippen LogP contribution in [0.3, 0.4) is 0 Å². The Morgan fingerprint density at radius 2 is 2.33 bits per heavy atom. The standard InChI is InChI=1S/C13H14FN3O/c1-2-11-16-12(17-18-11)13(15)6-5-8-7-9(14)3-4-10(8)13/h3-4,7H,2,5-6,15H2,1H3. The van der Waals surface area contributed by atoms with Gasteiger partial charge in [0.1, 0.15) is 11.4 Å². The molecule has 1 heterocycles. The van der Waals surface area contributed by atoms with Gasteiger partial charge in [-0.3, -0.25) is 0 Å². The van der Waals surface area contributed by atoms with E-state index in [0.717, 1.165) is 17.5 Å². The second kappa shape index (κ2) is 3.88. The van der Waals surface area contributed by atoms with E-state index in [0.29, 0.717) is 24.6 Å². The number of aryl methyl sites for hydroxylation is 2. The van der Waals surface area contributed by atoms with E-state index in [-0.39, 0.29) is 5.82 Å². The van der Waals surface area contributed by atoms with Gasteiger partial charge in [0.2, 0.25) is 5.89 Å². The third-order valence-corrected chi connectivity index (χ3v) is 3.51. The van der Waals surface area contributed by atoms with Gasteiger partial charge in [-0.05, 0) is 36.1 Å². The summed E-state index contributed by atoms with van der Waals surface area (Å²) in [7, 11) is 0. The van der Waals surface area contributed by atoms with E-state index in [2.05, 4.69) is 10.1 Å². The fourth-order valence-electron chi connectivity index (χ4n) is 2.48. The van der Waals surface area contributed by atoms with Crippen molar-refractivity contribution in [1.82, 2.24) is 10.1 Å². The van der Waals surface area contributed by atoms with Crippen LogP contribution in [0.15, 0.2) is 22.7 Å². The third-order valence-electron chi connectivity index (χ3n) is 3.51. The van der Waals surface area contributed by atoms with Crippen molar-refractivity contribution in [3.8, 4) is 0 Å². The molecule has 0 radical (unpaired) electrons. The lowest BCUT2D eigenvalue weighted by Crippen LogP contribution is -2.36. The van der Waals surface area contributed by atoms with Crippen LogP contribution in [-0.2, 0) is 18.4 Å². The highest BCUT2D eigenvalue weighted by Crippen LogP contribution is 2.38. The zero-order valence-corrected chi connectivity index (χ0v) is 10.1. The van der Waals surface area contributed by atoms with Crippen LogP contribution in [-0.4, -0.2) is 10.1 Å². The summed E-state index contributed by atoms with van der Waals surface area (Å²) in [5, 5.41) is 3.96. The van der Waals surface area contributed by atoms with E-state index < -0.39 is 5.54 Å². The molecular weight excluding hydrogens is 233 g/mol. The molecule has 1 unspecified atom stereocenters. The lowest BCUT2D eigenvalue weighted by molar-refractivity contribution is 0.363. The Morgan fingerprint density at radius 1 is 1.50 bits per heavy atom. The molecule has 1 aromatic carbocycles. The van der Waals surface area contributed by atoms with Crippen molar-refractivity contribution >= 4 is 0 Å². The molecule has 0 spiro atoms. The lowest BCUT2D eigenvalue weighted by atomic mass is 9.92. The molecule has 4 nitrogen and oxygen atoms in total. The second-order valence-corrected chi connectivity index (χ2v) is 4.64. The molecule has 18 heavy (non-hydrogen) atoms. The van der Waals surface area contributed by atoms with E-state index in [4.69, 9.17) is 10.3 Å². The maximum atomic E-state index is 13.2. The number of nitrogens with zero attached hydrogens (tertiary/aromatic N) is 2. The van der Waals surface area contributed by atoms with Gasteiger partial charge in [-0.2, -0.15) is 4.98 Å². The molecule has 0 bridgehead atoms. The maximum absolute atomic E-state index is 13.2. The summed E-state index contributed by atoms with van der Waals surface area (Å²) in [4.78, 5) is 4.31. The maximum Gasteiger partial charge on any atom is 0.226 e. The lowest BCUT2D eigenvalue weighted by Gasteiger charge is -2.20. The predicted octanol–water partition coefficient (Wildman–Crippen LogP) is 1.92. The zero-order valence-electron chi connectivity index (χ0n) is 10.1. The minimum atomic E-state index is -0.750. The molecule has 94 valence electrons. The van der Waals surface area contributed by atoms with Gasteiger partial charge in [0, 0.05) is 6.42 Å². The van der Waals surface area contributed by atoms with Crippen LogP contribution in [0.2, 0.25) is 0 Å². The first-order valence-electron chi connectivity index (χ1n) is 6.04. The minimum Gasteiger partial charge on any atom is -0.339 e. The highest BCUT2D eigenvalue weighted by molar-refractivity contribution is 5.43. The van der Waals surface area contributed by atoms with Gasteiger partial charge in [0.05, 0.1) is 0 Å². The van der Waals surface area contributed by atoms with Crippen LogP contribution >= 0.6 is 0 Å². The molecule has 1 aliphatic rings. The van der Waals surface area contributed by atoms with E-state index in [9.17, 15) is 4.39 Å². The zero-order chi connectivity index (χ0) is 12.8. The number of hydrogen-bond acceptors (Lipinski definition) is 4. The van der Waals surface area contributed by atoms with Gasteiger partial charge >= 0.3 is 0 Å². The number of aromatic nitrogens is 2. The fourth-order valence-corrected chi connectivity index (χ4v) is 2.48. The summed E-state index contributed by atoms with van der Waals surface area (Å²) < 4.78 is 18.3. The van der Waals surface area contributed by atoms with E-state index >= 15 is 0 Å². The molecule has 0 saturated carbocycles. The Kier molecular flexibility index (Phi) is 2.45. The largest absolute Gasteiger partial charge is 0.339 e. The molecule has 1 atom stereocenters. The molecule has 0 amide bonds. The van der Waals surface area contributed by atoms with Crippen molar-refractivity contribution in [2.45, 2.75) is 31.7 Å². The van der Waals surface area contributed by atoms with Crippen molar-refractivity contribution in [2.24, 2.45) is 5.73 Å². The SMILES string of the molecule is CCc1nc(C2(N)CCc3cc(F)ccc32)no1. The molecule has 3 rings (SSSR count). The van der Waals surface area contributed by atoms with Crippen molar-refractivity contribution in [3.05, 3.63) is 46.9 Å². The molecule has 5 heteroatoms. The Morgan fingerprint density at radius 3 is 3.06 bits per heavy atom. The summed E-state index contributed by atoms with van der Waals surface area (Å²) in [5.41, 5.74) is 7.48. The van der Waals surface area contributed by atoms with E-state index in [1.54, 1.807) is 6.07 Å². The van der Waals surface area contributed by atoms with Crippen LogP contribution in [0.5, 0.6) is 0 Å². The monoisotopic (exact) mass is 247 g/mol. The van der Waals surface area contributed by atoms with Crippen molar-refractivity contribution in [2.75, 3.05) is 0 Å². The number of nitrogens with two attached hydrogens (primary N) is 1. The van der Waals surface area contributed by atoms with E-state index in [1.165, 1.54) is 12.1 Å². The Labute approximate surface area is 104 Å². The van der Waals surface area contributed by atoms with Crippen molar-refractivity contribution < 1.29 is 8.91 Å². The Hall–Kier alpha value is -1.75. The van der Waals surface area contributed by atoms with Gasteiger partial charge in [-0.25, -0.2) is 4.39 Å². The van der Waals surface area contributed by atoms with Crippen LogP contribution in [0.1, 0.15) is 36.2 Å². The topological polar surface area (TPSA) is 64.9 Å². The van der Waals surface area contributed by atoms with Crippen LogP contribution in [0, 0.1) is 5.82 Å². The molecule has 0 fully saturated rings. The highest BCUT2D eigenvalue weighted by Gasteiger charge is 2.40. The fraction of sp³-hybridized carbons (Fsp3) is 0.385. The second-order valence-electron chi connectivity index (χ2n) is 4.64. The van der Waals surface area contributed by atoms with Gasteiger partial charge in [0.15, 0.2) is 5.82 Å². The van der Waals surface area contributed by atoms with Gasteiger partial charge in [-0.15, -0.1) is 0 Å². The molecule has 1 aromatic heterocycles. The molecule has 2 aromatic rings. The van der Waals surface area contributed by atoms with Crippen molar-refractivity contribution in [3.63, 3.8) is 0 Å². The van der Waals surface area contributed by atoms with Gasteiger partial charge in [0.25, 0.3) is 0 Å². The Bertz CT molecular complexity index is 596. The summed E-state index contributed by atoms with van der Waals surface area (Å²) in [6, 6.07) is 4.68. The predicted molar refractivity (Wildman–Crippen MR) is 63.4 cm³/mol. The molecular formula is C13H14FN3O.